The van der Waals surface area contributed by atoms with Crippen LogP contribution in [-0.4, -0.2) is 99.0 Å². The minimum absolute atomic E-state index is 0.0187. The number of amides is 5. The summed E-state index contributed by atoms with van der Waals surface area (Å²) in [4.78, 5) is 71.3. The SMILES string of the molecule is CCCCc1ccc(C)c(C(=O)N[C@@H](CCCN)C(=O)N(C)[C@@H]2C(=O)N[C@@H](C)C(=O)N[C@H](C(=O)NCC#N)Cc3ccc(OCCN)c(c3)-c3cc2ccc3OCCN)c1. The molecular formula is C44H59N9O7. The highest BCUT2D eigenvalue weighted by molar-refractivity contribution is 6.00. The van der Waals surface area contributed by atoms with Gasteiger partial charge < -0.3 is 52.8 Å². The van der Waals surface area contributed by atoms with Crippen LogP contribution in [0.3, 0.4) is 0 Å². The number of rotatable bonds is 18. The molecule has 0 spiro atoms. The van der Waals surface area contributed by atoms with Crippen LogP contribution in [0, 0.1) is 18.3 Å². The average molecular weight is 826 g/mol. The molecule has 3 aromatic carbocycles. The van der Waals surface area contributed by atoms with Gasteiger partial charge in [0.1, 0.15) is 55.4 Å². The second-order valence-electron chi connectivity index (χ2n) is 14.8. The first-order chi connectivity index (χ1) is 28.9. The number of nitrogens with zero attached hydrogens (tertiary/aromatic N) is 2. The van der Waals surface area contributed by atoms with Gasteiger partial charge in [-0.15, -0.1) is 0 Å². The van der Waals surface area contributed by atoms with E-state index in [9.17, 15) is 24.0 Å². The highest BCUT2D eigenvalue weighted by Crippen LogP contribution is 2.40. The van der Waals surface area contributed by atoms with Crippen LogP contribution in [0.2, 0.25) is 0 Å². The number of carbonyl (C=O) groups excluding carboxylic acids is 5. The Morgan fingerprint density at radius 1 is 0.917 bits per heavy atom. The molecule has 0 radical (unpaired) electrons. The highest BCUT2D eigenvalue weighted by Gasteiger charge is 2.36. The molecule has 4 bridgehead atoms. The fourth-order valence-corrected chi connectivity index (χ4v) is 6.97. The van der Waals surface area contributed by atoms with Gasteiger partial charge in [0.2, 0.25) is 23.6 Å². The van der Waals surface area contributed by atoms with E-state index in [0.29, 0.717) is 45.7 Å². The lowest BCUT2D eigenvalue weighted by atomic mass is 9.93. The number of nitriles is 1. The van der Waals surface area contributed by atoms with Crippen LogP contribution >= 0.6 is 0 Å². The molecule has 0 fully saturated rings. The van der Waals surface area contributed by atoms with Crippen LogP contribution in [0.15, 0.2) is 54.6 Å². The first kappa shape index (κ1) is 46.7. The number of aryl methyl sites for hydroxylation is 2. The van der Waals surface area contributed by atoms with E-state index in [-0.39, 0.29) is 52.2 Å². The van der Waals surface area contributed by atoms with Crippen molar-refractivity contribution in [1.82, 2.24) is 26.2 Å². The summed E-state index contributed by atoms with van der Waals surface area (Å²) in [6.07, 6.45) is 3.37. The summed E-state index contributed by atoms with van der Waals surface area (Å²) in [6, 6.07) is 13.1. The molecule has 4 rings (SSSR count). The van der Waals surface area contributed by atoms with Crippen molar-refractivity contribution in [2.24, 2.45) is 17.2 Å². The maximum absolute atomic E-state index is 14.7. The summed E-state index contributed by atoms with van der Waals surface area (Å²) in [7, 11) is 1.46. The third-order valence-electron chi connectivity index (χ3n) is 10.2. The molecule has 16 nitrogen and oxygen atoms in total. The number of nitrogens with one attached hydrogen (secondary N) is 4. The number of fused-ring (bicyclic) bond motifs is 5. The largest absolute Gasteiger partial charge is 0.492 e. The molecule has 0 aromatic heterocycles. The lowest BCUT2D eigenvalue weighted by Crippen LogP contribution is -2.56. The number of hydrogen-bond acceptors (Lipinski definition) is 11. The van der Waals surface area contributed by atoms with Crippen molar-refractivity contribution >= 4 is 29.5 Å². The van der Waals surface area contributed by atoms with Crippen molar-refractivity contribution in [3.8, 4) is 28.7 Å². The molecule has 0 aliphatic carbocycles. The van der Waals surface area contributed by atoms with E-state index in [1.807, 2.05) is 31.2 Å². The Kier molecular flexibility index (Phi) is 17.8. The number of nitrogens with two attached hydrogens (primary N) is 3. The number of ether oxygens (including phenoxy) is 2. The zero-order chi connectivity index (χ0) is 43.8. The highest BCUT2D eigenvalue weighted by atomic mass is 16.5. The number of hydrogen-bond donors (Lipinski definition) is 7. The Morgan fingerprint density at radius 2 is 1.60 bits per heavy atom. The van der Waals surface area contributed by atoms with Crippen molar-refractivity contribution in [2.45, 2.75) is 83.5 Å². The van der Waals surface area contributed by atoms with Crippen molar-refractivity contribution in [3.05, 3.63) is 82.4 Å². The van der Waals surface area contributed by atoms with Gasteiger partial charge in [-0.05, 0) is 98.7 Å². The normalized spacial score (nSPS) is 16.9. The second kappa shape index (κ2) is 22.9. The van der Waals surface area contributed by atoms with Crippen LogP contribution in [0.1, 0.15) is 78.2 Å². The number of benzene rings is 3. The minimum Gasteiger partial charge on any atom is -0.492 e. The third kappa shape index (κ3) is 12.3. The smallest absolute Gasteiger partial charge is 0.252 e. The fraction of sp³-hybridized carbons (Fsp3) is 0.455. The van der Waals surface area contributed by atoms with Crippen molar-refractivity contribution in [1.29, 1.82) is 5.26 Å². The Morgan fingerprint density at radius 3 is 2.25 bits per heavy atom. The van der Waals surface area contributed by atoms with Gasteiger partial charge in [0, 0.05) is 43.2 Å². The molecule has 0 unspecified atom stereocenters. The van der Waals surface area contributed by atoms with Gasteiger partial charge in [-0.1, -0.05) is 37.6 Å². The van der Waals surface area contributed by atoms with E-state index < -0.39 is 53.7 Å². The summed E-state index contributed by atoms with van der Waals surface area (Å²) in [5.41, 5.74) is 21.7. The predicted octanol–water partition coefficient (Wildman–Crippen LogP) is 1.90. The molecule has 1 heterocycles. The van der Waals surface area contributed by atoms with E-state index in [2.05, 4.69) is 28.2 Å². The number of unbranched alkanes of at least 4 members (excludes halogenated alkanes) is 1. The average Bonchev–Trinajstić information content (AvgIpc) is 3.24. The van der Waals surface area contributed by atoms with Crippen LogP contribution in [0.4, 0.5) is 0 Å². The van der Waals surface area contributed by atoms with E-state index >= 15 is 0 Å². The van der Waals surface area contributed by atoms with Crippen LogP contribution in [0.25, 0.3) is 11.1 Å². The molecule has 0 saturated carbocycles. The van der Waals surface area contributed by atoms with Gasteiger partial charge in [0.15, 0.2) is 0 Å². The van der Waals surface area contributed by atoms with Crippen molar-refractivity contribution in [2.75, 3.05) is 46.4 Å². The van der Waals surface area contributed by atoms with Gasteiger partial charge in [-0.25, -0.2) is 0 Å². The van der Waals surface area contributed by atoms with Gasteiger partial charge in [-0.3, -0.25) is 24.0 Å². The Bertz CT molecular complexity index is 2030. The quantitative estimate of drug-likeness (QED) is 0.0912. The lowest BCUT2D eigenvalue weighted by Gasteiger charge is -2.33. The Hall–Kier alpha value is -6.02. The maximum Gasteiger partial charge on any atom is 0.252 e. The summed E-state index contributed by atoms with van der Waals surface area (Å²) >= 11 is 0. The molecule has 16 heteroatoms. The van der Waals surface area contributed by atoms with Gasteiger partial charge in [-0.2, -0.15) is 5.26 Å². The summed E-state index contributed by atoms with van der Waals surface area (Å²) in [6.45, 7) is 6.09. The summed E-state index contributed by atoms with van der Waals surface area (Å²) in [5, 5.41) is 20.0. The van der Waals surface area contributed by atoms with Gasteiger partial charge in [0.25, 0.3) is 5.91 Å². The summed E-state index contributed by atoms with van der Waals surface area (Å²) < 4.78 is 12.2. The molecule has 60 heavy (non-hydrogen) atoms. The molecule has 322 valence electrons. The standard InChI is InChI=1S/C44H59N9O7/c1-5-6-8-29-11-10-27(2)32(23-29)41(55)51-35(9-7-16-45)44(58)53(4)39-31-13-15-38(60-22-19-48)34(26-31)33-24-30(12-14-37(33)59-21-18-47)25-36(42(56)49-20-17-46)52-40(54)28(3)50-43(39)57/h10-15,23-24,26,28,35-36,39H,5-9,16,18-22,25,45,47-48H2,1-4H3,(H,49,56)(H,50,57)(H,51,55)(H,52,54)/t28-,35-,36-,39-/m0/s1. The van der Waals surface area contributed by atoms with Gasteiger partial charge >= 0.3 is 0 Å². The van der Waals surface area contributed by atoms with E-state index in [0.717, 1.165) is 30.4 Å². The fourth-order valence-electron chi connectivity index (χ4n) is 6.97. The summed E-state index contributed by atoms with van der Waals surface area (Å²) in [5.74, 6) is -2.18. The maximum atomic E-state index is 14.7. The van der Waals surface area contributed by atoms with E-state index in [4.69, 9.17) is 31.9 Å². The predicted molar refractivity (Wildman–Crippen MR) is 228 cm³/mol. The van der Waals surface area contributed by atoms with Gasteiger partial charge in [0.05, 0.1) is 6.07 Å². The van der Waals surface area contributed by atoms with Crippen LogP contribution < -0.4 is 47.9 Å². The zero-order valence-corrected chi connectivity index (χ0v) is 35.0. The van der Waals surface area contributed by atoms with Crippen LogP contribution in [0.5, 0.6) is 11.5 Å². The number of carbonyl (C=O) groups is 5. The monoisotopic (exact) mass is 825 g/mol. The molecule has 0 saturated heterocycles. The zero-order valence-electron chi connectivity index (χ0n) is 35.0. The molecule has 4 atom stereocenters. The molecule has 1 aliphatic heterocycles. The van der Waals surface area contributed by atoms with E-state index in [1.54, 1.807) is 36.4 Å². The van der Waals surface area contributed by atoms with E-state index in [1.165, 1.54) is 18.9 Å². The molecule has 10 N–H and O–H groups in total. The lowest BCUT2D eigenvalue weighted by molar-refractivity contribution is -0.141. The Balaban J connectivity index is 1.87. The molecular weight excluding hydrogens is 767 g/mol. The molecule has 5 amide bonds. The van der Waals surface area contributed by atoms with Crippen LogP contribution in [-0.2, 0) is 32.0 Å². The minimum atomic E-state index is -1.35. The first-order valence-corrected chi connectivity index (χ1v) is 20.4. The first-order valence-electron chi connectivity index (χ1n) is 20.4. The van der Waals surface area contributed by atoms with Crippen molar-refractivity contribution in [3.63, 3.8) is 0 Å². The topological polar surface area (TPSA) is 257 Å². The Labute approximate surface area is 351 Å². The molecule has 1 aliphatic rings. The third-order valence-corrected chi connectivity index (χ3v) is 10.2. The second-order valence-corrected chi connectivity index (χ2v) is 14.8. The van der Waals surface area contributed by atoms with Crippen molar-refractivity contribution < 1.29 is 33.4 Å². The molecule has 3 aromatic rings. The number of likely N-dealkylation sites (N-methyl/N-ethyl adjacent to an activating group) is 1.